The van der Waals surface area contributed by atoms with Gasteiger partial charge in [0.25, 0.3) is 11.8 Å². The van der Waals surface area contributed by atoms with E-state index in [1.807, 2.05) is 18.2 Å². The number of amides is 2. The fourth-order valence-electron chi connectivity index (χ4n) is 4.34. The smallest absolute Gasteiger partial charge is 0.269 e. The number of carbonyl (C=O) groups is 2. The number of ether oxygens (including phenoxy) is 3. The van der Waals surface area contributed by atoms with E-state index in [0.717, 1.165) is 50.7 Å². The van der Waals surface area contributed by atoms with Crippen molar-refractivity contribution >= 4 is 28.2 Å². The first-order valence-corrected chi connectivity index (χ1v) is 11.7. The molecule has 0 spiro atoms. The Balaban J connectivity index is 1.33. The first kappa shape index (κ1) is 20.3. The molecule has 5 rings (SSSR count). The van der Waals surface area contributed by atoms with Crippen LogP contribution in [0.3, 0.4) is 0 Å². The van der Waals surface area contributed by atoms with Crippen LogP contribution in [0.4, 0.5) is 5.00 Å². The maximum absolute atomic E-state index is 13.1. The van der Waals surface area contributed by atoms with Gasteiger partial charge in [0.2, 0.25) is 6.10 Å². The van der Waals surface area contributed by atoms with Gasteiger partial charge in [0.1, 0.15) is 11.6 Å². The molecule has 3 heterocycles. The molecule has 1 aromatic carbocycles. The third kappa shape index (κ3) is 4.27. The third-order valence-corrected chi connectivity index (χ3v) is 7.16. The molecule has 31 heavy (non-hydrogen) atoms. The summed E-state index contributed by atoms with van der Waals surface area (Å²) in [4.78, 5) is 27.3. The van der Waals surface area contributed by atoms with Crippen LogP contribution in [0, 0.1) is 0 Å². The Bertz CT molecular complexity index is 982. The molecule has 2 aliphatic heterocycles. The molecule has 2 aromatic rings. The molecule has 0 unspecified atom stereocenters. The predicted molar refractivity (Wildman–Crippen MR) is 117 cm³/mol. The Morgan fingerprint density at radius 2 is 1.94 bits per heavy atom. The maximum atomic E-state index is 13.1. The van der Waals surface area contributed by atoms with E-state index >= 15 is 0 Å². The van der Waals surface area contributed by atoms with E-state index in [1.54, 1.807) is 6.07 Å². The van der Waals surface area contributed by atoms with E-state index in [1.165, 1.54) is 16.2 Å². The monoisotopic (exact) mass is 442 g/mol. The van der Waals surface area contributed by atoms with Gasteiger partial charge in [-0.25, -0.2) is 0 Å². The molecule has 1 fully saturated rings. The minimum atomic E-state index is -0.767. The number of thiophene rings is 1. The molecule has 2 N–H and O–H groups in total. The highest BCUT2D eigenvalue weighted by Gasteiger charge is 2.31. The van der Waals surface area contributed by atoms with Crippen LogP contribution in [-0.4, -0.2) is 43.8 Å². The quantitative estimate of drug-likeness (QED) is 0.742. The van der Waals surface area contributed by atoms with Crippen molar-refractivity contribution in [2.75, 3.05) is 25.1 Å². The third-order valence-electron chi connectivity index (χ3n) is 5.95. The number of rotatable bonds is 5. The number of benzene rings is 1. The van der Waals surface area contributed by atoms with E-state index < -0.39 is 6.10 Å². The summed E-state index contributed by atoms with van der Waals surface area (Å²) in [7, 11) is 0. The van der Waals surface area contributed by atoms with Gasteiger partial charge in [-0.3, -0.25) is 9.59 Å². The van der Waals surface area contributed by atoms with E-state index in [2.05, 4.69) is 10.6 Å². The van der Waals surface area contributed by atoms with Gasteiger partial charge < -0.3 is 24.8 Å². The molecule has 2 atom stereocenters. The van der Waals surface area contributed by atoms with Crippen molar-refractivity contribution in [1.29, 1.82) is 0 Å². The topological polar surface area (TPSA) is 85.9 Å². The summed E-state index contributed by atoms with van der Waals surface area (Å²) in [6.07, 6.45) is 5.27. The van der Waals surface area contributed by atoms with Gasteiger partial charge in [0, 0.05) is 18.0 Å². The Morgan fingerprint density at radius 1 is 1.10 bits per heavy atom. The second kappa shape index (κ2) is 8.88. The summed E-state index contributed by atoms with van der Waals surface area (Å²) in [5.41, 5.74) is 1.67. The standard InChI is InChI=1S/C23H26N2O5S/c26-21(18-13-29-16-8-2-3-9-17(16)30-18)25-23-20(15-7-1-4-10-19(15)31-23)22(27)24-12-14-6-5-11-28-14/h2-3,8-9,14,18H,1,4-7,10-13H2,(H,24,27)(H,25,26)/t14-,18-/m0/s1. The van der Waals surface area contributed by atoms with Gasteiger partial charge in [-0.1, -0.05) is 12.1 Å². The molecule has 2 amide bonds. The summed E-state index contributed by atoms with van der Waals surface area (Å²) in [6, 6.07) is 7.29. The first-order valence-electron chi connectivity index (χ1n) is 10.9. The van der Waals surface area contributed by atoms with Gasteiger partial charge in [-0.05, 0) is 56.2 Å². The van der Waals surface area contributed by atoms with Crippen molar-refractivity contribution in [3.63, 3.8) is 0 Å². The number of anilines is 1. The van der Waals surface area contributed by atoms with Crippen molar-refractivity contribution in [2.24, 2.45) is 0 Å². The van der Waals surface area contributed by atoms with Gasteiger partial charge in [0.05, 0.1) is 11.7 Å². The lowest BCUT2D eigenvalue weighted by molar-refractivity contribution is -0.125. The number of carbonyl (C=O) groups excluding carboxylic acids is 2. The zero-order valence-corrected chi connectivity index (χ0v) is 18.1. The average Bonchev–Trinajstić information content (AvgIpc) is 3.44. The lowest BCUT2D eigenvalue weighted by atomic mass is 9.95. The Kier molecular flexibility index (Phi) is 5.82. The first-order chi connectivity index (χ1) is 15.2. The fourth-order valence-corrected chi connectivity index (χ4v) is 5.63. The van der Waals surface area contributed by atoms with Crippen LogP contribution in [0.15, 0.2) is 24.3 Å². The van der Waals surface area contributed by atoms with Crippen LogP contribution in [0.5, 0.6) is 11.5 Å². The molecule has 3 aliphatic rings. The van der Waals surface area contributed by atoms with Gasteiger partial charge in [-0.2, -0.15) is 0 Å². The maximum Gasteiger partial charge on any atom is 0.269 e. The molecule has 1 saturated heterocycles. The normalized spacial score (nSPS) is 21.9. The molecule has 164 valence electrons. The molecule has 7 nitrogen and oxygen atoms in total. The number of aryl methyl sites for hydroxylation is 1. The van der Waals surface area contributed by atoms with E-state index in [9.17, 15) is 9.59 Å². The Morgan fingerprint density at radius 3 is 2.77 bits per heavy atom. The number of nitrogens with one attached hydrogen (secondary N) is 2. The van der Waals surface area contributed by atoms with Crippen molar-refractivity contribution < 1.29 is 23.8 Å². The second-order valence-electron chi connectivity index (χ2n) is 8.11. The second-order valence-corrected chi connectivity index (χ2v) is 9.22. The molecular weight excluding hydrogens is 416 g/mol. The van der Waals surface area contributed by atoms with Crippen molar-refractivity contribution in [2.45, 2.75) is 50.7 Å². The van der Waals surface area contributed by atoms with E-state index in [4.69, 9.17) is 14.2 Å². The summed E-state index contributed by atoms with van der Waals surface area (Å²) in [5, 5.41) is 6.58. The lowest BCUT2D eigenvalue weighted by Crippen LogP contribution is -2.40. The fraction of sp³-hybridized carbons (Fsp3) is 0.478. The molecule has 8 heteroatoms. The zero-order chi connectivity index (χ0) is 21.2. The van der Waals surface area contributed by atoms with Gasteiger partial charge >= 0.3 is 0 Å². The van der Waals surface area contributed by atoms with Crippen LogP contribution >= 0.6 is 11.3 Å². The van der Waals surface area contributed by atoms with Crippen molar-refractivity contribution in [1.82, 2.24) is 5.32 Å². The average molecular weight is 443 g/mol. The number of hydrogen-bond acceptors (Lipinski definition) is 6. The highest BCUT2D eigenvalue weighted by atomic mass is 32.1. The highest BCUT2D eigenvalue weighted by molar-refractivity contribution is 7.17. The molecule has 1 aromatic heterocycles. The zero-order valence-electron chi connectivity index (χ0n) is 17.3. The van der Waals surface area contributed by atoms with E-state index in [-0.39, 0.29) is 24.5 Å². The Labute approximate surface area is 185 Å². The molecule has 0 saturated carbocycles. The van der Waals surface area contributed by atoms with Crippen molar-refractivity contribution in [3.8, 4) is 11.5 Å². The van der Waals surface area contributed by atoms with Crippen LogP contribution in [0.1, 0.15) is 46.5 Å². The van der Waals surface area contributed by atoms with E-state index in [0.29, 0.717) is 28.6 Å². The summed E-state index contributed by atoms with van der Waals surface area (Å²) >= 11 is 1.51. The van der Waals surface area contributed by atoms with Crippen LogP contribution in [0.2, 0.25) is 0 Å². The van der Waals surface area contributed by atoms with Gasteiger partial charge in [-0.15, -0.1) is 11.3 Å². The SMILES string of the molecule is O=C(NC[C@@H]1CCCO1)c1c(NC(=O)[C@@H]2COc3ccccc3O2)sc2c1CCCC2. The molecular formula is C23H26N2O5S. The predicted octanol–water partition coefficient (Wildman–Crippen LogP) is 3.31. The van der Waals surface area contributed by atoms with Crippen LogP contribution < -0.4 is 20.1 Å². The summed E-state index contributed by atoms with van der Waals surface area (Å²) in [5.74, 6) is 0.735. The van der Waals surface area contributed by atoms with Gasteiger partial charge in [0.15, 0.2) is 11.5 Å². The van der Waals surface area contributed by atoms with Crippen molar-refractivity contribution in [3.05, 3.63) is 40.3 Å². The lowest BCUT2D eigenvalue weighted by Gasteiger charge is -2.25. The minimum absolute atomic E-state index is 0.0734. The molecule has 1 aliphatic carbocycles. The minimum Gasteiger partial charge on any atom is -0.485 e. The number of hydrogen-bond donors (Lipinski definition) is 2. The van der Waals surface area contributed by atoms with Crippen LogP contribution in [0.25, 0.3) is 0 Å². The molecule has 0 radical (unpaired) electrons. The largest absolute Gasteiger partial charge is 0.485 e. The highest BCUT2D eigenvalue weighted by Crippen LogP contribution is 2.39. The van der Waals surface area contributed by atoms with Crippen LogP contribution in [-0.2, 0) is 22.4 Å². The summed E-state index contributed by atoms with van der Waals surface area (Å²) < 4.78 is 17.1. The molecule has 0 bridgehead atoms. The summed E-state index contributed by atoms with van der Waals surface area (Å²) in [6.45, 7) is 1.38. The Hall–Kier alpha value is -2.58. The number of para-hydroxylation sites is 2. The number of fused-ring (bicyclic) bond motifs is 2.